The molecular formula is C25H29ClFN3O. The third kappa shape index (κ3) is 4.50. The van der Waals surface area contributed by atoms with Gasteiger partial charge in [-0.25, -0.2) is 4.39 Å². The third-order valence-corrected chi connectivity index (χ3v) is 7.47. The van der Waals surface area contributed by atoms with E-state index in [0.717, 1.165) is 62.9 Å². The van der Waals surface area contributed by atoms with Gasteiger partial charge in [0.05, 0.1) is 11.6 Å². The zero-order valence-corrected chi connectivity index (χ0v) is 18.6. The maximum atomic E-state index is 13.8. The SMILES string of the molecule is O=C(CN1CCc2cc(-c3ccc(Cl)c(F)c3)ccc2C1)N1CCN(C2CCC2)CC1. The number of piperazine rings is 1. The number of nitrogens with zero attached hydrogens (tertiary/aromatic N) is 3. The zero-order valence-electron chi connectivity index (χ0n) is 17.8. The Bertz CT molecular complexity index is 969. The highest BCUT2D eigenvalue weighted by Crippen LogP contribution is 2.29. The van der Waals surface area contributed by atoms with Crippen LogP contribution in [0.4, 0.5) is 4.39 Å². The van der Waals surface area contributed by atoms with Crippen LogP contribution in [0.5, 0.6) is 0 Å². The highest BCUT2D eigenvalue weighted by atomic mass is 35.5. The van der Waals surface area contributed by atoms with Crippen molar-refractivity contribution in [2.24, 2.45) is 0 Å². The summed E-state index contributed by atoms with van der Waals surface area (Å²) >= 11 is 5.81. The first kappa shape index (κ1) is 20.9. The number of benzene rings is 2. The molecule has 0 bridgehead atoms. The molecule has 0 unspecified atom stereocenters. The minimum Gasteiger partial charge on any atom is -0.339 e. The average molecular weight is 442 g/mol. The number of halogens is 2. The molecule has 0 aromatic heterocycles. The van der Waals surface area contributed by atoms with Crippen LogP contribution in [0.3, 0.4) is 0 Å². The van der Waals surface area contributed by atoms with Gasteiger partial charge in [-0.1, -0.05) is 42.3 Å². The summed E-state index contributed by atoms with van der Waals surface area (Å²) in [6.07, 6.45) is 4.92. The minimum atomic E-state index is -0.393. The first-order chi connectivity index (χ1) is 15.1. The van der Waals surface area contributed by atoms with Gasteiger partial charge in [0.1, 0.15) is 5.82 Å². The number of hydrogen-bond donors (Lipinski definition) is 0. The maximum Gasteiger partial charge on any atom is 0.236 e. The second-order valence-electron chi connectivity index (χ2n) is 9.07. The van der Waals surface area contributed by atoms with Crippen LogP contribution in [0, 0.1) is 5.82 Å². The van der Waals surface area contributed by atoms with Gasteiger partial charge in [0.25, 0.3) is 0 Å². The lowest BCUT2D eigenvalue weighted by atomic mass is 9.91. The fourth-order valence-corrected chi connectivity index (χ4v) is 5.10. The van der Waals surface area contributed by atoms with Crippen LogP contribution in [0.1, 0.15) is 30.4 Å². The van der Waals surface area contributed by atoms with Crippen molar-refractivity contribution in [1.82, 2.24) is 14.7 Å². The molecular weight excluding hydrogens is 413 g/mol. The molecule has 2 heterocycles. The molecule has 6 heteroatoms. The van der Waals surface area contributed by atoms with Gasteiger partial charge >= 0.3 is 0 Å². The summed E-state index contributed by atoms with van der Waals surface area (Å²) in [6, 6.07) is 12.0. The predicted molar refractivity (Wildman–Crippen MR) is 122 cm³/mol. The van der Waals surface area contributed by atoms with Gasteiger partial charge in [-0.15, -0.1) is 0 Å². The maximum absolute atomic E-state index is 13.8. The molecule has 0 atom stereocenters. The van der Waals surface area contributed by atoms with Crippen LogP contribution in [-0.2, 0) is 17.8 Å². The Labute approximate surface area is 188 Å². The monoisotopic (exact) mass is 441 g/mol. The second kappa shape index (κ2) is 8.89. The highest BCUT2D eigenvalue weighted by Gasteiger charge is 2.30. The van der Waals surface area contributed by atoms with Crippen molar-refractivity contribution in [2.45, 2.75) is 38.3 Å². The first-order valence-corrected chi connectivity index (χ1v) is 11.8. The van der Waals surface area contributed by atoms with Gasteiger partial charge in [-0.3, -0.25) is 14.6 Å². The molecule has 1 aliphatic carbocycles. The normalized spacial score (nSPS) is 20.4. The van der Waals surface area contributed by atoms with Crippen LogP contribution in [0.2, 0.25) is 5.02 Å². The van der Waals surface area contributed by atoms with Crippen molar-refractivity contribution in [3.63, 3.8) is 0 Å². The van der Waals surface area contributed by atoms with Gasteiger partial charge < -0.3 is 4.90 Å². The predicted octanol–water partition coefficient (Wildman–Crippen LogP) is 4.20. The fourth-order valence-electron chi connectivity index (χ4n) is 4.98. The molecule has 3 aliphatic rings. The van der Waals surface area contributed by atoms with E-state index in [9.17, 15) is 9.18 Å². The zero-order chi connectivity index (χ0) is 21.4. The standard InChI is InChI=1S/C25H29ClFN3O/c26-23-7-6-19(15-24(23)27)18-4-5-21-16-28(9-8-20(21)14-18)17-25(31)30-12-10-29(11-13-30)22-2-1-3-22/h4-7,14-15,22H,1-3,8-13,16-17H2. The topological polar surface area (TPSA) is 26.8 Å². The molecule has 2 aliphatic heterocycles. The molecule has 1 amide bonds. The Balaban J connectivity index is 1.18. The Hall–Kier alpha value is -1.95. The fraction of sp³-hybridized carbons (Fsp3) is 0.480. The summed E-state index contributed by atoms with van der Waals surface area (Å²) < 4.78 is 13.8. The molecule has 1 saturated heterocycles. The van der Waals surface area contributed by atoms with Gasteiger partial charge in [-0.2, -0.15) is 0 Å². The molecule has 4 nitrogen and oxygen atoms in total. The molecule has 0 spiro atoms. The van der Waals surface area contributed by atoms with Gasteiger partial charge in [0, 0.05) is 45.3 Å². The molecule has 2 aromatic rings. The first-order valence-electron chi connectivity index (χ1n) is 11.4. The summed E-state index contributed by atoms with van der Waals surface area (Å²) in [6.45, 7) is 5.92. The minimum absolute atomic E-state index is 0.145. The summed E-state index contributed by atoms with van der Waals surface area (Å²) in [4.78, 5) is 19.7. The van der Waals surface area contributed by atoms with Gasteiger partial charge in [-0.05, 0) is 53.6 Å². The Morgan fingerprint density at radius 3 is 2.42 bits per heavy atom. The van der Waals surface area contributed by atoms with E-state index in [1.165, 1.54) is 36.5 Å². The number of carbonyl (C=O) groups is 1. The lowest BCUT2D eigenvalue weighted by Gasteiger charge is -2.43. The van der Waals surface area contributed by atoms with Gasteiger partial charge in [0.2, 0.25) is 5.91 Å². The Morgan fingerprint density at radius 1 is 0.968 bits per heavy atom. The molecule has 1 saturated carbocycles. The second-order valence-corrected chi connectivity index (χ2v) is 9.48. The van der Waals surface area contributed by atoms with E-state index >= 15 is 0 Å². The van der Waals surface area contributed by atoms with E-state index < -0.39 is 5.82 Å². The molecule has 164 valence electrons. The van der Waals surface area contributed by atoms with Crippen LogP contribution >= 0.6 is 11.6 Å². The van der Waals surface area contributed by atoms with Crippen molar-refractivity contribution in [3.8, 4) is 11.1 Å². The summed E-state index contributed by atoms with van der Waals surface area (Å²) in [7, 11) is 0. The quantitative estimate of drug-likeness (QED) is 0.711. The average Bonchev–Trinajstić information content (AvgIpc) is 2.74. The van der Waals surface area contributed by atoms with Crippen LogP contribution < -0.4 is 0 Å². The van der Waals surface area contributed by atoms with E-state index in [1.54, 1.807) is 6.07 Å². The summed E-state index contributed by atoms with van der Waals surface area (Å²) in [5.74, 6) is -0.139. The van der Waals surface area contributed by atoms with E-state index in [-0.39, 0.29) is 10.9 Å². The van der Waals surface area contributed by atoms with Crippen LogP contribution in [0.15, 0.2) is 36.4 Å². The van der Waals surface area contributed by atoms with E-state index in [0.29, 0.717) is 6.54 Å². The smallest absolute Gasteiger partial charge is 0.236 e. The van der Waals surface area contributed by atoms with Crippen LogP contribution in [-0.4, -0.2) is 65.9 Å². The summed E-state index contributed by atoms with van der Waals surface area (Å²) in [5.41, 5.74) is 4.38. The van der Waals surface area contributed by atoms with Crippen molar-refractivity contribution >= 4 is 17.5 Å². The lowest BCUT2D eigenvalue weighted by Crippen LogP contribution is -2.55. The van der Waals surface area contributed by atoms with Crippen molar-refractivity contribution < 1.29 is 9.18 Å². The number of fused-ring (bicyclic) bond motifs is 1. The number of rotatable bonds is 4. The molecule has 0 radical (unpaired) electrons. The molecule has 2 aromatic carbocycles. The van der Waals surface area contributed by atoms with Crippen molar-refractivity contribution in [3.05, 3.63) is 58.4 Å². The Kier molecular flexibility index (Phi) is 6.00. The van der Waals surface area contributed by atoms with E-state index in [4.69, 9.17) is 11.6 Å². The van der Waals surface area contributed by atoms with E-state index in [2.05, 4.69) is 21.9 Å². The van der Waals surface area contributed by atoms with Crippen molar-refractivity contribution in [1.29, 1.82) is 0 Å². The molecule has 0 N–H and O–H groups in total. The number of hydrogen-bond acceptors (Lipinski definition) is 3. The highest BCUT2D eigenvalue weighted by molar-refractivity contribution is 6.30. The van der Waals surface area contributed by atoms with Gasteiger partial charge in [0.15, 0.2) is 0 Å². The summed E-state index contributed by atoms with van der Waals surface area (Å²) in [5, 5.41) is 0.145. The Morgan fingerprint density at radius 2 is 1.71 bits per heavy atom. The number of amides is 1. The van der Waals surface area contributed by atoms with Crippen molar-refractivity contribution in [2.75, 3.05) is 39.3 Å². The third-order valence-electron chi connectivity index (χ3n) is 7.17. The molecule has 31 heavy (non-hydrogen) atoms. The molecule has 2 fully saturated rings. The van der Waals surface area contributed by atoms with Crippen LogP contribution in [0.25, 0.3) is 11.1 Å². The van der Waals surface area contributed by atoms with E-state index in [1.807, 2.05) is 17.0 Å². The lowest BCUT2D eigenvalue weighted by molar-refractivity contribution is -0.135. The number of carbonyl (C=O) groups excluding carboxylic acids is 1. The molecule has 5 rings (SSSR count). The largest absolute Gasteiger partial charge is 0.339 e.